The van der Waals surface area contributed by atoms with Crippen molar-refractivity contribution in [3.05, 3.63) is 23.8 Å². The third-order valence-electron chi connectivity index (χ3n) is 2.44. The lowest BCUT2D eigenvalue weighted by Crippen LogP contribution is -2.12. The van der Waals surface area contributed by atoms with E-state index in [4.69, 9.17) is 0 Å². The van der Waals surface area contributed by atoms with E-state index in [0.717, 1.165) is 18.7 Å². The molecule has 1 aromatic rings. The summed E-state index contributed by atoms with van der Waals surface area (Å²) in [6.07, 6.45) is 3.00. The first-order chi connectivity index (χ1) is 7.06. The first kappa shape index (κ1) is 10.2. The normalized spacial score (nSPS) is 14.6. The van der Waals surface area contributed by atoms with Gasteiger partial charge in [-0.25, -0.2) is 0 Å². The van der Waals surface area contributed by atoms with Crippen LogP contribution in [0.3, 0.4) is 0 Å². The Morgan fingerprint density at radius 1 is 1.33 bits per heavy atom. The predicted octanol–water partition coefficient (Wildman–Crippen LogP) is 3.40. The fourth-order valence-electron chi connectivity index (χ4n) is 1.89. The molecule has 2 rings (SSSR count). The van der Waals surface area contributed by atoms with Gasteiger partial charge in [-0.15, -0.1) is 0 Å². The van der Waals surface area contributed by atoms with Crippen molar-refractivity contribution in [2.24, 2.45) is 10.4 Å². The van der Waals surface area contributed by atoms with Crippen molar-refractivity contribution >= 4 is 17.6 Å². The Hall–Kier alpha value is -1.31. The number of para-hydroxylation sites is 1. The van der Waals surface area contributed by atoms with E-state index < -0.39 is 0 Å². The zero-order chi connectivity index (χ0) is 10.9. The van der Waals surface area contributed by atoms with Crippen molar-refractivity contribution in [1.82, 2.24) is 0 Å². The van der Waals surface area contributed by atoms with Crippen LogP contribution in [0.2, 0.25) is 0 Å². The molecule has 0 fully saturated rings. The van der Waals surface area contributed by atoms with Crippen LogP contribution in [0.15, 0.2) is 23.2 Å². The van der Waals surface area contributed by atoms with Gasteiger partial charge >= 0.3 is 0 Å². The van der Waals surface area contributed by atoms with Crippen molar-refractivity contribution in [3.8, 4) is 0 Å². The van der Waals surface area contributed by atoms with Crippen molar-refractivity contribution in [1.29, 1.82) is 0 Å². The van der Waals surface area contributed by atoms with Gasteiger partial charge in [0.2, 0.25) is 0 Å². The number of hydrogen-bond acceptors (Lipinski definition) is 2. The van der Waals surface area contributed by atoms with Crippen LogP contribution in [-0.2, 0) is 6.42 Å². The predicted molar refractivity (Wildman–Crippen MR) is 66.2 cm³/mol. The molecule has 0 saturated carbocycles. The number of anilines is 1. The number of nitrogens with zero attached hydrogens (tertiary/aromatic N) is 1. The minimum Gasteiger partial charge on any atom is -0.378 e. The van der Waals surface area contributed by atoms with Gasteiger partial charge in [-0.2, -0.15) is 0 Å². The fraction of sp³-hybridized carbons (Fsp3) is 0.462. The molecule has 2 heteroatoms. The van der Waals surface area contributed by atoms with Crippen LogP contribution in [0.1, 0.15) is 26.3 Å². The van der Waals surface area contributed by atoms with Gasteiger partial charge in [-0.3, -0.25) is 4.99 Å². The average molecular weight is 202 g/mol. The zero-order valence-electron chi connectivity index (χ0n) is 9.67. The summed E-state index contributed by atoms with van der Waals surface area (Å²) in [5.41, 5.74) is 3.93. The summed E-state index contributed by atoms with van der Waals surface area (Å²) in [4.78, 5) is 4.49. The molecule has 0 radical (unpaired) electrons. The third-order valence-corrected chi connectivity index (χ3v) is 2.44. The molecule has 80 valence electrons. The van der Waals surface area contributed by atoms with Crippen LogP contribution >= 0.6 is 0 Å². The Labute approximate surface area is 91.4 Å². The highest BCUT2D eigenvalue weighted by molar-refractivity contribution is 5.82. The van der Waals surface area contributed by atoms with E-state index in [2.05, 4.69) is 49.3 Å². The first-order valence-electron chi connectivity index (χ1n) is 5.44. The minimum absolute atomic E-state index is 0.308. The van der Waals surface area contributed by atoms with E-state index in [-0.39, 0.29) is 0 Å². The van der Waals surface area contributed by atoms with Gasteiger partial charge in [0.05, 0.1) is 17.9 Å². The van der Waals surface area contributed by atoms with E-state index in [1.807, 2.05) is 6.21 Å². The van der Waals surface area contributed by atoms with Crippen molar-refractivity contribution < 1.29 is 0 Å². The SMILES string of the molecule is CC(C)(C)Cc1cccc2c1N=CCN2. The second kappa shape index (κ2) is 3.69. The maximum absolute atomic E-state index is 4.49. The van der Waals surface area contributed by atoms with Gasteiger partial charge in [-0.1, -0.05) is 32.9 Å². The topological polar surface area (TPSA) is 24.4 Å². The van der Waals surface area contributed by atoms with E-state index in [9.17, 15) is 0 Å². The molecule has 0 saturated heterocycles. The summed E-state index contributed by atoms with van der Waals surface area (Å²) in [7, 11) is 0. The van der Waals surface area contributed by atoms with Crippen LogP contribution in [0.5, 0.6) is 0 Å². The van der Waals surface area contributed by atoms with Gasteiger partial charge in [-0.05, 0) is 23.5 Å². The molecule has 15 heavy (non-hydrogen) atoms. The van der Waals surface area contributed by atoms with Gasteiger partial charge in [0.1, 0.15) is 0 Å². The Morgan fingerprint density at radius 2 is 2.13 bits per heavy atom. The molecule has 2 nitrogen and oxygen atoms in total. The number of rotatable bonds is 1. The molecule has 1 heterocycles. The monoisotopic (exact) mass is 202 g/mol. The van der Waals surface area contributed by atoms with E-state index in [1.165, 1.54) is 11.3 Å². The quantitative estimate of drug-likeness (QED) is 0.741. The Balaban J connectivity index is 2.37. The van der Waals surface area contributed by atoms with Crippen molar-refractivity contribution in [3.63, 3.8) is 0 Å². The standard InChI is InChI=1S/C13H18N2/c1-13(2,3)9-10-5-4-6-11-12(10)15-8-7-14-11/h4-6,8,14H,7,9H2,1-3H3. The van der Waals surface area contributed by atoms with Crippen LogP contribution in [0, 0.1) is 5.41 Å². The van der Waals surface area contributed by atoms with Gasteiger partial charge in [0, 0.05) is 6.21 Å². The Kier molecular flexibility index (Phi) is 2.51. The van der Waals surface area contributed by atoms with Crippen molar-refractivity contribution in [2.75, 3.05) is 11.9 Å². The summed E-state index contributed by atoms with van der Waals surface area (Å²) in [5.74, 6) is 0. The van der Waals surface area contributed by atoms with Crippen LogP contribution in [0.25, 0.3) is 0 Å². The second-order valence-corrected chi connectivity index (χ2v) is 5.24. The smallest absolute Gasteiger partial charge is 0.0890 e. The number of hydrogen-bond donors (Lipinski definition) is 1. The van der Waals surface area contributed by atoms with E-state index in [0.29, 0.717) is 5.41 Å². The molecule has 0 aromatic heterocycles. The second-order valence-electron chi connectivity index (χ2n) is 5.24. The molecule has 1 aliphatic heterocycles. The molecule has 0 unspecified atom stereocenters. The summed E-state index contributed by atoms with van der Waals surface area (Å²) in [6, 6.07) is 6.38. The molecule has 1 aromatic carbocycles. The Morgan fingerprint density at radius 3 is 2.87 bits per heavy atom. The molecular weight excluding hydrogens is 184 g/mol. The van der Waals surface area contributed by atoms with Gasteiger partial charge in [0.25, 0.3) is 0 Å². The largest absolute Gasteiger partial charge is 0.378 e. The first-order valence-corrected chi connectivity index (χ1v) is 5.44. The molecular formula is C13H18N2. The fourth-order valence-corrected chi connectivity index (χ4v) is 1.89. The van der Waals surface area contributed by atoms with Crippen molar-refractivity contribution in [2.45, 2.75) is 27.2 Å². The summed E-state index contributed by atoms with van der Waals surface area (Å²) >= 11 is 0. The molecule has 0 spiro atoms. The zero-order valence-corrected chi connectivity index (χ0v) is 9.67. The summed E-state index contributed by atoms with van der Waals surface area (Å²) < 4.78 is 0. The summed E-state index contributed by atoms with van der Waals surface area (Å²) in [6.45, 7) is 7.61. The van der Waals surface area contributed by atoms with Crippen LogP contribution in [0.4, 0.5) is 11.4 Å². The van der Waals surface area contributed by atoms with E-state index >= 15 is 0 Å². The highest BCUT2D eigenvalue weighted by atomic mass is 15.0. The third kappa shape index (κ3) is 2.38. The van der Waals surface area contributed by atoms with Crippen LogP contribution in [-0.4, -0.2) is 12.8 Å². The Bertz CT molecular complexity index is 386. The lowest BCUT2D eigenvalue weighted by atomic mass is 9.87. The number of aliphatic imine (C=N–C) groups is 1. The molecule has 0 amide bonds. The van der Waals surface area contributed by atoms with Gasteiger partial charge < -0.3 is 5.32 Å². The average Bonchev–Trinajstić information content (AvgIpc) is 2.16. The minimum atomic E-state index is 0.308. The number of benzene rings is 1. The molecule has 1 N–H and O–H groups in total. The molecule has 0 aliphatic carbocycles. The lowest BCUT2D eigenvalue weighted by Gasteiger charge is -2.22. The van der Waals surface area contributed by atoms with Gasteiger partial charge in [0.15, 0.2) is 0 Å². The molecule has 1 aliphatic rings. The molecule has 0 bridgehead atoms. The number of nitrogens with one attached hydrogen (secondary N) is 1. The number of fused-ring (bicyclic) bond motifs is 1. The maximum atomic E-state index is 4.49. The summed E-state index contributed by atoms with van der Waals surface area (Å²) in [5, 5.41) is 3.34. The maximum Gasteiger partial charge on any atom is 0.0890 e. The lowest BCUT2D eigenvalue weighted by molar-refractivity contribution is 0.411. The highest BCUT2D eigenvalue weighted by Crippen LogP contribution is 2.34. The highest BCUT2D eigenvalue weighted by Gasteiger charge is 2.16. The van der Waals surface area contributed by atoms with Crippen LogP contribution < -0.4 is 5.32 Å². The molecule has 0 atom stereocenters. The van der Waals surface area contributed by atoms with E-state index in [1.54, 1.807) is 0 Å².